The molecule has 0 saturated heterocycles. The van der Waals surface area contributed by atoms with Gasteiger partial charge in [0.2, 0.25) is 0 Å². The van der Waals surface area contributed by atoms with Crippen molar-refractivity contribution in [3.8, 4) is 0 Å². The molecular weight excluding hydrogens is 285 g/mol. The van der Waals surface area contributed by atoms with Crippen LogP contribution in [-0.4, -0.2) is 12.7 Å². The summed E-state index contributed by atoms with van der Waals surface area (Å²) in [6, 6.07) is 4.92. The van der Waals surface area contributed by atoms with Gasteiger partial charge in [-0.15, -0.1) is 0 Å². The van der Waals surface area contributed by atoms with Crippen LogP contribution in [0.1, 0.15) is 37.3 Å². The quantitative estimate of drug-likeness (QED) is 0.923. The molecule has 2 rings (SSSR count). The van der Waals surface area contributed by atoms with E-state index in [9.17, 15) is 4.39 Å². The topological polar surface area (TPSA) is 35.2 Å². The highest BCUT2D eigenvalue weighted by molar-refractivity contribution is 9.10. The van der Waals surface area contributed by atoms with E-state index in [2.05, 4.69) is 15.9 Å². The molecule has 17 heavy (non-hydrogen) atoms. The molecule has 0 aliphatic heterocycles. The van der Waals surface area contributed by atoms with Gasteiger partial charge in [-0.1, -0.05) is 12.1 Å². The van der Waals surface area contributed by atoms with E-state index >= 15 is 0 Å². The molecule has 0 heterocycles. The first-order chi connectivity index (χ1) is 8.08. The molecule has 1 fully saturated rings. The van der Waals surface area contributed by atoms with Crippen molar-refractivity contribution in [2.45, 2.75) is 37.3 Å². The molecule has 1 aliphatic carbocycles. The Hall–Kier alpha value is -0.450. The molecule has 0 radical (unpaired) electrons. The third kappa shape index (κ3) is 2.54. The number of halogens is 2. The molecule has 1 unspecified atom stereocenters. The Balaban J connectivity index is 2.14. The second kappa shape index (κ2) is 5.04. The van der Waals surface area contributed by atoms with Gasteiger partial charge in [0.15, 0.2) is 0 Å². The second-order valence-corrected chi connectivity index (χ2v) is 5.55. The minimum atomic E-state index is -0.312. The van der Waals surface area contributed by atoms with Crippen LogP contribution in [0, 0.1) is 5.82 Å². The molecule has 0 amide bonds. The molecule has 94 valence electrons. The summed E-state index contributed by atoms with van der Waals surface area (Å²) in [5.74, 6) is -0.259. The zero-order chi connectivity index (χ0) is 12.5. The van der Waals surface area contributed by atoms with Gasteiger partial charge in [-0.25, -0.2) is 4.39 Å². The maximum atomic E-state index is 13.9. The minimum absolute atomic E-state index is 0.131. The van der Waals surface area contributed by atoms with Gasteiger partial charge in [0.05, 0.1) is 10.1 Å². The van der Waals surface area contributed by atoms with Crippen LogP contribution in [0.25, 0.3) is 0 Å². The van der Waals surface area contributed by atoms with Crippen LogP contribution >= 0.6 is 15.9 Å². The van der Waals surface area contributed by atoms with Crippen molar-refractivity contribution in [3.63, 3.8) is 0 Å². The Morgan fingerprint density at radius 2 is 2.24 bits per heavy atom. The largest absolute Gasteiger partial charge is 0.378 e. The van der Waals surface area contributed by atoms with E-state index in [4.69, 9.17) is 10.5 Å². The Labute approximate surface area is 109 Å². The second-order valence-electron chi connectivity index (χ2n) is 4.69. The molecule has 0 bridgehead atoms. The number of hydrogen-bond acceptors (Lipinski definition) is 2. The maximum Gasteiger partial charge on any atom is 0.142 e. The monoisotopic (exact) mass is 301 g/mol. The fourth-order valence-corrected chi connectivity index (χ4v) is 2.76. The van der Waals surface area contributed by atoms with Crippen molar-refractivity contribution in [2.24, 2.45) is 5.73 Å². The fourth-order valence-electron chi connectivity index (χ4n) is 2.38. The lowest BCUT2D eigenvalue weighted by atomic mass is 9.75. The minimum Gasteiger partial charge on any atom is -0.378 e. The van der Waals surface area contributed by atoms with Crippen molar-refractivity contribution < 1.29 is 9.13 Å². The van der Waals surface area contributed by atoms with Crippen LogP contribution in [0.2, 0.25) is 0 Å². The van der Waals surface area contributed by atoms with Gasteiger partial charge in [-0.05, 0) is 47.7 Å². The van der Waals surface area contributed by atoms with Crippen LogP contribution in [0.15, 0.2) is 22.7 Å². The highest BCUT2D eigenvalue weighted by Crippen LogP contribution is 2.41. The van der Waals surface area contributed by atoms with Crippen LogP contribution in [0.5, 0.6) is 0 Å². The highest BCUT2D eigenvalue weighted by atomic mass is 79.9. The van der Waals surface area contributed by atoms with E-state index in [0.717, 1.165) is 12.8 Å². The molecule has 2 nitrogen and oxygen atoms in total. The number of ether oxygens (including phenoxy) is 1. The average molecular weight is 302 g/mol. The van der Waals surface area contributed by atoms with E-state index in [1.54, 1.807) is 19.2 Å². The number of benzene rings is 1. The predicted molar refractivity (Wildman–Crippen MR) is 69.2 cm³/mol. The third-order valence-corrected chi connectivity index (χ3v) is 4.28. The first kappa shape index (κ1) is 13.0. The molecule has 0 aromatic heterocycles. The lowest BCUT2D eigenvalue weighted by molar-refractivity contribution is -0.0818. The zero-order valence-corrected chi connectivity index (χ0v) is 11.5. The van der Waals surface area contributed by atoms with Gasteiger partial charge in [0.25, 0.3) is 0 Å². The van der Waals surface area contributed by atoms with E-state index in [1.807, 2.05) is 6.07 Å². The molecule has 1 atom stereocenters. The Morgan fingerprint density at radius 1 is 1.53 bits per heavy atom. The standard InChI is InChI=1S/C13H17BrFNO/c1-17-13(6-3-7-13)8-11(16)9-4-2-5-10(14)12(9)15/h2,4-5,11H,3,6-8,16H2,1H3. The summed E-state index contributed by atoms with van der Waals surface area (Å²) < 4.78 is 19.9. The van der Waals surface area contributed by atoms with Crippen molar-refractivity contribution in [3.05, 3.63) is 34.1 Å². The van der Waals surface area contributed by atoms with Gasteiger partial charge in [0.1, 0.15) is 5.82 Å². The van der Waals surface area contributed by atoms with Crippen molar-refractivity contribution in [2.75, 3.05) is 7.11 Å². The van der Waals surface area contributed by atoms with Crippen molar-refractivity contribution in [1.82, 2.24) is 0 Å². The summed E-state index contributed by atoms with van der Waals surface area (Å²) in [4.78, 5) is 0. The Morgan fingerprint density at radius 3 is 2.76 bits per heavy atom. The van der Waals surface area contributed by atoms with E-state index in [0.29, 0.717) is 16.5 Å². The summed E-state index contributed by atoms with van der Waals surface area (Å²) >= 11 is 3.18. The van der Waals surface area contributed by atoms with Crippen LogP contribution in [0.4, 0.5) is 4.39 Å². The number of hydrogen-bond donors (Lipinski definition) is 1. The molecule has 1 aliphatic rings. The molecule has 1 aromatic rings. The number of nitrogens with two attached hydrogens (primary N) is 1. The van der Waals surface area contributed by atoms with Crippen molar-refractivity contribution in [1.29, 1.82) is 0 Å². The van der Waals surface area contributed by atoms with E-state index in [-0.39, 0.29) is 17.5 Å². The van der Waals surface area contributed by atoms with E-state index in [1.165, 1.54) is 6.42 Å². The summed E-state index contributed by atoms with van der Waals surface area (Å²) in [7, 11) is 1.71. The third-order valence-electron chi connectivity index (χ3n) is 3.67. The van der Waals surface area contributed by atoms with Gasteiger partial charge in [0, 0.05) is 18.7 Å². The van der Waals surface area contributed by atoms with Crippen LogP contribution < -0.4 is 5.73 Å². The molecule has 2 N–H and O–H groups in total. The van der Waals surface area contributed by atoms with Gasteiger partial charge in [-0.3, -0.25) is 0 Å². The first-order valence-corrected chi connectivity index (χ1v) is 6.62. The van der Waals surface area contributed by atoms with Crippen LogP contribution in [0.3, 0.4) is 0 Å². The first-order valence-electron chi connectivity index (χ1n) is 5.83. The summed E-state index contributed by atoms with van der Waals surface area (Å²) in [5, 5.41) is 0. The lowest BCUT2D eigenvalue weighted by Crippen LogP contribution is -2.42. The molecule has 0 spiro atoms. The highest BCUT2D eigenvalue weighted by Gasteiger charge is 2.39. The Kier molecular flexibility index (Phi) is 3.85. The van der Waals surface area contributed by atoms with Crippen molar-refractivity contribution >= 4 is 15.9 Å². The molecular formula is C13H17BrFNO. The molecule has 1 aromatic carbocycles. The summed E-state index contributed by atoms with van der Waals surface area (Å²) in [5.41, 5.74) is 6.52. The lowest BCUT2D eigenvalue weighted by Gasteiger charge is -2.42. The predicted octanol–water partition coefficient (Wildman–Crippen LogP) is 3.55. The normalized spacial score (nSPS) is 19.8. The van der Waals surface area contributed by atoms with Gasteiger partial charge in [-0.2, -0.15) is 0 Å². The van der Waals surface area contributed by atoms with Crippen LogP contribution in [-0.2, 0) is 4.74 Å². The smallest absolute Gasteiger partial charge is 0.142 e. The number of rotatable bonds is 4. The number of methoxy groups -OCH3 is 1. The summed E-state index contributed by atoms with van der Waals surface area (Å²) in [6.45, 7) is 0. The van der Waals surface area contributed by atoms with Gasteiger partial charge < -0.3 is 10.5 Å². The molecule has 4 heteroatoms. The zero-order valence-electron chi connectivity index (χ0n) is 9.88. The molecule has 1 saturated carbocycles. The Bertz CT molecular complexity index is 401. The van der Waals surface area contributed by atoms with E-state index < -0.39 is 0 Å². The van der Waals surface area contributed by atoms with Gasteiger partial charge >= 0.3 is 0 Å². The maximum absolute atomic E-state index is 13.9. The fraction of sp³-hybridized carbons (Fsp3) is 0.538. The SMILES string of the molecule is COC1(CC(N)c2cccc(Br)c2F)CCC1. The summed E-state index contributed by atoms with van der Waals surface area (Å²) in [6.07, 6.45) is 3.89. The average Bonchev–Trinajstić information content (AvgIpc) is 2.27.